The zero-order valence-corrected chi connectivity index (χ0v) is 12.2. The van der Waals surface area contributed by atoms with Crippen molar-refractivity contribution in [1.82, 2.24) is 0 Å². The van der Waals surface area contributed by atoms with Gasteiger partial charge in [-0.3, -0.25) is 4.79 Å². The Kier molecular flexibility index (Phi) is 6.99. The Hall–Kier alpha value is -1.64. The van der Waals surface area contributed by atoms with Gasteiger partial charge in [0.2, 0.25) is 0 Å². The van der Waals surface area contributed by atoms with Gasteiger partial charge in [0.25, 0.3) is 0 Å². The molecular formula is C17H24O3. The number of aliphatic carboxylic acids is 1. The minimum absolute atomic E-state index is 0.0964. The first-order valence-electron chi connectivity index (χ1n) is 7.29. The topological polar surface area (TPSA) is 54.4 Å². The quantitative estimate of drug-likeness (QED) is 0.520. The molecule has 1 unspecified atom stereocenters. The Labute approximate surface area is 121 Å². The summed E-state index contributed by atoms with van der Waals surface area (Å²) in [7, 11) is 0. The fraction of sp³-hybridized carbons (Fsp3) is 0.529. The van der Waals surface area contributed by atoms with Crippen LogP contribution in [0, 0.1) is 0 Å². The molecule has 1 atom stereocenters. The van der Waals surface area contributed by atoms with E-state index in [1.54, 1.807) is 0 Å². The van der Waals surface area contributed by atoms with Crippen molar-refractivity contribution in [2.24, 2.45) is 0 Å². The summed E-state index contributed by atoms with van der Waals surface area (Å²) in [5.74, 6) is -0.742. The van der Waals surface area contributed by atoms with Gasteiger partial charge in [-0.25, -0.2) is 0 Å². The second-order valence-corrected chi connectivity index (χ2v) is 5.59. The van der Waals surface area contributed by atoms with Crippen LogP contribution in [0.25, 0.3) is 0 Å². The lowest BCUT2D eigenvalue weighted by Gasteiger charge is -2.30. The predicted molar refractivity (Wildman–Crippen MR) is 79.8 cm³/mol. The summed E-state index contributed by atoms with van der Waals surface area (Å²) >= 11 is 0. The number of benzene rings is 1. The molecule has 0 radical (unpaired) electrons. The molecule has 1 N–H and O–H groups in total. The first-order chi connectivity index (χ1) is 9.58. The molecule has 0 heterocycles. The highest BCUT2D eigenvalue weighted by Crippen LogP contribution is 2.34. The third kappa shape index (κ3) is 5.55. The zero-order valence-electron chi connectivity index (χ0n) is 12.2. The van der Waals surface area contributed by atoms with Gasteiger partial charge in [0.15, 0.2) is 0 Å². The van der Waals surface area contributed by atoms with Crippen LogP contribution < -0.4 is 0 Å². The Morgan fingerprint density at radius 1 is 1.15 bits per heavy atom. The minimum atomic E-state index is -0.742. The first kappa shape index (κ1) is 16.4. The molecule has 110 valence electrons. The minimum Gasteiger partial charge on any atom is -0.481 e. The highest BCUT2D eigenvalue weighted by molar-refractivity contribution is 5.66. The van der Waals surface area contributed by atoms with Gasteiger partial charge in [0.05, 0.1) is 0 Å². The van der Waals surface area contributed by atoms with Crippen LogP contribution in [0.1, 0.15) is 57.4 Å². The van der Waals surface area contributed by atoms with Crippen LogP contribution in [0.2, 0.25) is 0 Å². The number of carboxylic acid groups (broad SMARTS) is 1. The summed E-state index contributed by atoms with van der Waals surface area (Å²) in [6.45, 7) is 2.14. The molecular weight excluding hydrogens is 252 g/mol. The van der Waals surface area contributed by atoms with Gasteiger partial charge in [-0.15, -0.1) is 0 Å². The predicted octanol–water partition coefficient (Wildman–Crippen LogP) is 3.96. The molecule has 0 aliphatic rings. The van der Waals surface area contributed by atoms with Crippen molar-refractivity contribution in [2.75, 3.05) is 0 Å². The van der Waals surface area contributed by atoms with Crippen molar-refractivity contribution in [3.05, 3.63) is 35.9 Å². The van der Waals surface area contributed by atoms with Gasteiger partial charge < -0.3 is 9.90 Å². The normalized spacial score (nSPS) is 13.7. The van der Waals surface area contributed by atoms with Crippen molar-refractivity contribution < 1.29 is 14.7 Å². The summed E-state index contributed by atoms with van der Waals surface area (Å²) < 4.78 is 0. The SMILES string of the molecule is CC(CCCCCC=O)(CCC(=O)O)c1ccccc1. The fourth-order valence-electron chi connectivity index (χ4n) is 2.56. The number of hydrogen-bond donors (Lipinski definition) is 1. The molecule has 0 saturated heterocycles. The second-order valence-electron chi connectivity index (χ2n) is 5.59. The van der Waals surface area contributed by atoms with E-state index in [9.17, 15) is 9.59 Å². The van der Waals surface area contributed by atoms with E-state index in [-0.39, 0.29) is 11.8 Å². The molecule has 0 fully saturated rings. The average molecular weight is 276 g/mol. The van der Waals surface area contributed by atoms with Gasteiger partial charge >= 0.3 is 5.97 Å². The van der Waals surface area contributed by atoms with Crippen molar-refractivity contribution in [3.8, 4) is 0 Å². The largest absolute Gasteiger partial charge is 0.481 e. The summed E-state index contributed by atoms with van der Waals surface area (Å²) in [5.41, 5.74) is 1.11. The Morgan fingerprint density at radius 3 is 2.45 bits per heavy atom. The molecule has 0 amide bonds. The molecule has 0 bridgehead atoms. The van der Waals surface area contributed by atoms with Crippen molar-refractivity contribution in [3.63, 3.8) is 0 Å². The number of rotatable bonds is 10. The van der Waals surface area contributed by atoms with Crippen LogP contribution in [0.3, 0.4) is 0 Å². The molecule has 0 aliphatic carbocycles. The summed E-state index contributed by atoms with van der Waals surface area (Å²) in [4.78, 5) is 21.2. The number of carboxylic acids is 1. The molecule has 3 nitrogen and oxygen atoms in total. The van der Waals surface area contributed by atoms with E-state index in [1.807, 2.05) is 18.2 Å². The molecule has 0 spiro atoms. The number of carbonyl (C=O) groups excluding carboxylic acids is 1. The first-order valence-corrected chi connectivity index (χ1v) is 7.29. The smallest absolute Gasteiger partial charge is 0.303 e. The molecule has 1 rings (SSSR count). The van der Waals surface area contributed by atoms with E-state index in [1.165, 1.54) is 5.56 Å². The molecule has 0 aromatic heterocycles. The van der Waals surface area contributed by atoms with Crippen molar-refractivity contribution in [2.45, 2.75) is 57.3 Å². The highest BCUT2D eigenvalue weighted by atomic mass is 16.4. The maximum absolute atomic E-state index is 10.9. The van der Waals surface area contributed by atoms with Crippen LogP contribution in [0.4, 0.5) is 0 Å². The van der Waals surface area contributed by atoms with Crippen molar-refractivity contribution >= 4 is 12.3 Å². The van der Waals surface area contributed by atoms with Gasteiger partial charge in [-0.05, 0) is 30.2 Å². The number of unbranched alkanes of at least 4 members (excludes halogenated alkanes) is 3. The van der Waals surface area contributed by atoms with Crippen LogP contribution in [0.5, 0.6) is 0 Å². The molecule has 1 aromatic carbocycles. The van der Waals surface area contributed by atoms with E-state index in [0.717, 1.165) is 32.0 Å². The van der Waals surface area contributed by atoms with Crippen LogP contribution in [0.15, 0.2) is 30.3 Å². The van der Waals surface area contributed by atoms with Gasteiger partial charge in [0.1, 0.15) is 6.29 Å². The Morgan fingerprint density at radius 2 is 1.85 bits per heavy atom. The number of carbonyl (C=O) groups is 2. The van der Waals surface area contributed by atoms with Gasteiger partial charge in [-0.2, -0.15) is 0 Å². The Bertz CT molecular complexity index is 414. The van der Waals surface area contributed by atoms with Crippen LogP contribution >= 0.6 is 0 Å². The summed E-state index contributed by atoms with van der Waals surface area (Å²) in [6, 6.07) is 10.1. The number of hydrogen-bond acceptors (Lipinski definition) is 2. The lowest BCUT2D eigenvalue weighted by molar-refractivity contribution is -0.137. The summed E-state index contributed by atoms with van der Waals surface area (Å²) in [6.07, 6.45) is 6.36. The van der Waals surface area contributed by atoms with E-state index < -0.39 is 5.97 Å². The lowest BCUT2D eigenvalue weighted by Crippen LogP contribution is -2.23. The van der Waals surface area contributed by atoms with Gasteiger partial charge in [-0.1, -0.05) is 50.1 Å². The maximum atomic E-state index is 10.9. The molecule has 0 aliphatic heterocycles. The molecule has 1 aromatic rings. The van der Waals surface area contributed by atoms with E-state index in [0.29, 0.717) is 12.8 Å². The highest BCUT2D eigenvalue weighted by Gasteiger charge is 2.26. The van der Waals surface area contributed by atoms with Crippen molar-refractivity contribution in [1.29, 1.82) is 0 Å². The average Bonchev–Trinajstić information content (AvgIpc) is 2.46. The third-order valence-corrected chi connectivity index (χ3v) is 3.91. The lowest BCUT2D eigenvalue weighted by atomic mass is 9.74. The van der Waals surface area contributed by atoms with Crippen LogP contribution in [-0.4, -0.2) is 17.4 Å². The summed E-state index contributed by atoms with van der Waals surface area (Å²) in [5, 5.41) is 8.93. The monoisotopic (exact) mass is 276 g/mol. The van der Waals surface area contributed by atoms with Crippen LogP contribution in [-0.2, 0) is 15.0 Å². The molecule has 0 saturated carbocycles. The molecule has 3 heteroatoms. The fourth-order valence-corrected chi connectivity index (χ4v) is 2.56. The zero-order chi connectivity index (χ0) is 14.8. The van der Waals surface area contributed by atoms with E-state index in [2.05, 4.69) is 19.1 Å². The second kappa shape index (κ2) is 8.51. The number of aldehydes is 1. The van der Waals surface area contributed by atoms with Gasteiger partial charge in [0, 0.05) is 12.8 Å². The maximum Gasteiger partial charge on any atom is 0.303 e. The Balaban J connectivity index is 2.64. The molecule has 20 heavy (non-hydrogen) atoms. The third-order valence-electron chi connectivity index (χ3n) is 3.91. The standard InChI is InChI=1S/C17H24O3/c1-17(13-11-16(19)20,12-7-2-3-8-14-18)15-9-5-4-6-10-15/h4-6,9-10,14H,2-3,7-8,11-13H2,1H3,(H,19,20). The van der Waals surface area contributed by atoms with E-state index in [4.69, 9.17) is 5.11 Å². The van der Waals surface area contributed by atoms with E-state index >= 15 is 0 Å².